The summed E-state index contributed by atoms with van der Waals surface area (Å²) in [4.78, 5) is 4.46. The number of aliphatic imine (C=N–C) groups is 1. The Labute approximate surface area is 202 Å². The Bertz CT molecular complexity index is 554. The first kappa shape index (κ1) is 28.9. The van der Waals surface area contributed by atoms with E-state index in [0.717, 1.165) is 10.2 Å². The van der Waals surface area contributed by atoms with E-state index in [4.69, 9.17) is 0 Å². The van der Waals surface area contributed by atoms with Crippen molar-refractivity contribution in [2.45, 2.75) is 60.5 Å². The van der Waals surface area contributed by atoms with E-state index in [1.165, 1.54) is 11.8 Å². The first-order chi connectivity index (χ1) is 13.7. The number of nitrogens with zero attached hydrogens (tertiary/aromatic N) is 2. The normalized spacial score (nSPS) is 15.6. The number of nitrogens with one attached hydrogen (secondary N) is 1. The Morgan fingerprint density at radius 3 is 1.90 bits per heavy atom. The summed E-state index contributed by atoms with van der Waals surface area (Å²) in [6.45, 7) is 14.7. The van der Waals surface area contributed by atoms with E-state index in [2.05, 4.69) is 87.7 Å². The first-order valence-corrected chi connectivity index (χ1v) is 12.7. The number of anilines is 1. The van der Waals surface area contributed by atoms with E-state index in [1.807, 2.05) is 69.3 Å². The number of rotatable bonds is 4. The number of halogens is 2. The minimum atomic E-state index is 0.232. The molecule has 3 nitrogen and oxygen atoms in total. The molecule has 2 rings (SSSR count). The van der Waals surface area contributed by atoms with E-state index in [9.17, 15) is 0 Å². The molecule has 1 aromatic carbocycles. The topological polar surface area (TPSA) is 38.5 Å². The number of hydrogen-bond acceptors (Lipinski definition) is 1. The third-order valence-electron chi connectivity index (χ3n) is 3.61. The van der Waals surface area contributed by atoms with Crippen LogP contribution in [0.4, 0.5) is 5.69 Å². The summed E-state index contributed by atoms with van der Waals surface area (Å²) in [5.74, 6) is 4.10. The molecule has 0 saturated heterocycles. The molecule has 1 N–H and O–H groups in total. The third kappa shape index (κ3) is 14.5. The fraction of sp³-hybridized carbons (Fsp3) is 0.435. The van der Waals surface area contributed by atoms with Gasteiger partial charge in [-0.05, 0) is 73.3 Å². The van der Waals surface area contributed by atoms with Crippen molar-refractivity contribution in [2.24, 2.45) is 10.9 Å². The summed E-state index contributed by atoms with van der Waals surface area (Å²) >= 11 is 5.23. The van der Waals surface area contributed by atoms with Crippen LogP contribution in [0.1, 0.15) is 48.5 Å². The molecule has 1 aliphatic rings. The van der Waals surface area contributed by atoms with Crippen molar-refractivity contribution in [3.63, 3.8) is 0 Å². The van der Waals surface area contributed by atoms with Gasteiger partial charge in [-0.1, -0.05) is 76.5 Å². The zero-order chi connectivity index (χ0) is 22.4. The van der Waals surface area contributed by atoms with Gasteiger partial charge in [-0.15, -0.1) is 0 Å². The number of hydrogen-bond donors (Lipinski definition) is 1. The average molecular weight is 568 g/mol. The van der Waals surface area contributed by atoms with Crippen LogP contribution < -0.4 is 5.32 Å². The van der Waals surface area contributed by atoms with Crippen molar-refractivity contribution in [3.05, 3.63) is 71.6 Å². The predicted molar refractivity (Wildman–Crippen MR) is 129 cm³/mol. The SMILES string of the molecule is CC(C)N=C([N-]C(C)C)Nc1ccc(Br)cc1.C[C]1[CH][CH][C](C(C)C)[CH][CH]1.[Cl][Ru+]. The third-order valence-corrected chi connectivity index (χ3v) is 4.13. The fourth-order valence-electron chi connectivity index (χ4n) is 2.20. The Morgan fingerprint density at radius 2 is 1.48 bits per heavy atom. The van der Waals surface area contributed by atoms with E-state index in [-0.39, 0.29) is 12.1 Å². The standard InChI is InChI=1S/C13H19BrN3.C10H14.ClH.Ru/c1-9(2)15-13(16-10(3)4)17-12-7-5-11(14)6-8-12;1-8(2)10-6-4-9(3)5-7-10;;/h5-10H,1-4H3,(H-,15,16,17);4-8H,1-3H3;1H;/q-1;;;+2/p-1. The quantitative estimate of drug-likeness (QED) is 0.226. The molecule has 0 bridgehead atoms. The Hall–Kier alpha value is -0.117. The van der Waals surface area contributed by atoms with Crippen LogP contribution in [-0.4, -0.2) is 18.0 Å². The van der Waals surface area contributed by atoms with Gasteiger partial charge in [-0.25, -0.2) is 0 Å². The maximum absolute atomic E-state index is 4.57. The van der Waals surface area contributed by atoms with Gasteiger partial charge in [0.2, 0.25) is 0 Å². The van der Waals surface area contributed by atoms with Crippen molar-refractivity contribution < 1.29 is 17.3 Å². The molecule has 29 heavy (non-hydrogen) atoms. The van der Waals surface area contributed by atoms with Crippen molar-refractivity contribution in [1.82, 2.24) is 0 Å². The van der Waals surface area contributed by atoms with Crippen LogP contribution >= 0.6 is 25.6 Å². The molecular formula is C23H33BrClN3Ru. The molecule has 1 aromatic rings. The first-order valence-electron chi connectivity index (χ1n) is 9.68. The predicted octanol–water partition coefficient (Wildman–Crippen LogP) is 7.74. The Kier molecular flexibility index (Phi) is 16.5. The summed E-state index contributed by atoms with van der Waals surface area (Å²) in [6.07, 6.45) is 8.71. The van der Waals surface area contributed by atoms with Gasteiger partial charge < -0.3 is 15.6 Å². The maximum atomic E-state index is 4.57. The molecule has 6 radical (unpaired) electrons. The summed E-state index contributed by atoms with van der Waals surface area (Å²) < 4.78 is 1.06. The van der Waals surface area contributed by atoms with E-state index >= 15 is 0 Å². The van der Waals surface area contributed by atoms with E-state index in [1.54, 1.807) is 0 Å². The van der Waals surface area contributed by atoms with E-state index < -0.39 is 0 Å². The molecule has 1 saturated carbocycles. The van der Waals surface area contributed by atoms with Crippen molar-refractivity contribution in [1.29, 1.82) is 0 Å². The molecule has 162 valence electrons. The molecule has 0 heterocycles. The summed E-state index contributed by atoms with van der Waals surface area (Å²) in [5, 5.41) is 7.69. The summed E-state index contributed by atoms with van der Waals surface area (Å²) in [6, 6.07) is 8.44. The second kappa shape index (κ2) is 16.6. The van der Waals surface area contributed by atoms with Crippen LogP contribution in [0, 0.1) is 43.4 Å². The van der Waals surface area contributed by atoms with Crippen molar-refractivity contribution in [2.75, 3.05) is 5.32 Å². The van der Waals surface area contributed by atoms with Gasteiger partial charge in [0.05, 0.1) is 0 Å². The Morgan fingerprint density at radius 1 is 0.966 bits per heavy atom. The zero-order valence-electron chi connectivity index (χ0n) is 18.4. The molecule has 0 atom stereocenters. The van der Waals surface area contributed by atoms with Crippen LogP contribution in [0.25, 0.3) is 5.32 Å². The number of guanidine groups is 1. The van der Waals surface area contributed by atoms with Crippen LogP contribution in [0.15, 0.2) is 33.7 Å². The molecule has 0 aromatic heterocycles. The molecule has 0 unspecified atom stereocenters. The van der Waals surface area contributed by atoms with Gasteiger partial charge in [0.25, 0.3) is 0 Å². The van der Waals surface area contributed by atoms with Gasteiger partial charge >= 0.3 is 27.0 Å². The molecule has 1 aliphatic carbocycles. The molecule has 0 amide bonds. The van der Waals surface area contributed by atoms with Gasteiger partial charge in [0.1, 0.15) is 0 Å². The summed E-state index contributed by atoms with van der Waals surface area (Å²) in [5.41, 5.74) is 0.997. The minimum absolute atomic E-state index is 0.232. The molecule has 1 fully saturated rings. The average Bonchev–Trinajstić information content (AvgIpc) is 2.65. The van der Waals surface area contributed by atoms with Crippen LogP contribution in [-0.2, 0) is 17.3 Å². The Balaban J connectivity index is 0.000000554. The van der Waals surface area contributed by atoms with Gasteiger partial charge in [-0.3, -0.25) is 0 Å². The van der Waals surface area contributed by atoms with Crippen molar-refractivity contribution >= 4 is 37.3 Å². The van der Waals surface area contributed by atoms with Crippen LogP contribution in [0.2, 0.25) is 0 Å². The summed E-state index contributed by atoms with van der Waals surface area (Å²) in [7, 11) is 4.57. The van der Waals surface area contributed by atoms with Gasteiger partial charge in [-0.2, -0.15) is 0 Å². The molecule has 0 aliphatic heterocycles. The van der Waals surface area contributed by atoms with Crippen LogP contribution in [0.5, 0.6) is 0 Å². The van der Waals surface area contributed by atoms with Gasteiger partial charge in [0.15, 0.2) is 0 Å². The molecular weight excluding hydrogens is 535 g/mol. The second-order valence-corrected chi connectivity index (χ2v) is 8.38. The van der Waals surface area contributed by atoms with Crippen molar-refractivity contribution in [3.8, 4) is 0 Å². The second-order valence-electron chi connectivity index (χ2n) is 7.47. The van der Waals surface area contributed by atoms with Gasteiger partial charge in [0, 0.05) is 10.4 Å². The van der Waals surface area contributed by atoms with Crippen LogP contribution in [0.3, 0.4) is 0 Å². The molecule has 0 spiro atoms. The fourth-order valence-corrected chi connectivity index (χ4v) is 2.47. The monoisotopic (exact) mass is 567 g/mol. The van der Waals surface area contributed by atoms with E-state index in [0.29, 0.717) is 11.9 Å². The molecule has 6 heteroatoms. The zero-order valence-corrected chi connectivity index (χ0v) is 22.4. The number of benzene rings is 1.